The molecule has 5 heteroatoms. The molecule has 2 heterocycles. The van der Waals surface area contributed by atoms with Crippen LogP contribution in [0.15, 0.2) is 12.3 Å². The van der Waals surface area contributed by atoms with E-state index in [9.17, 15) is 4.79 Å². The van der Waals surface area contributed by atoms with Crippen LogP contribution in [0.25, 0.3) is 0 Å². The molecule has 0 saturated carbocycles. The molecule has 1 aromatic rings. The molecule has 0 spiro atoms. The molecule has 21 heavy (non-hydrogen) atoms. The number of nitrogens with zero attached hydrogens (tertiary/aromatic N) is 2. The molecule has 5 nitrogen and oxygen atoms in total. The Morgan fingerprint density at radius 3 is 2.71 bits per heavy atom. The minimum Gasteiger partial charge on any atom is -0.472 e. The SMILES string of the molecule is Cc1cnc(O[C@H]2CCN(C(=O)OC(C)(C)C)C2)c(C)c1. The van der Waals surface area contributed by atoms with Crippen LogP contribution in [0.5, 0.6) is 5.88 Å². The second kappa shape index (κ2) is 5.92. The maximum atomic E-state index is 12.0. The number of hydrogen-bond donors (Lipinski definition) is 0. The van der Waals surface area contributed by atoms with Gasteiger partial charge in [-0.05, 0) is 46.2 Å². The molecule has 2 rings (SSSR count). The minimum absolute atomic E-state index is 0.0218. The summed E-state index contributed by atoms with van der Waals surface area (Å²) < 4.78 is 11.3. The van der Waals surface area contributed by atoms with Crippen LogP contribution < -0.4 is 4.74 Å². The Balaban J connectivity index is 1.92. The average molecular weight is 292 g/mol. The van der Waals surface area contributed by atoms with E-state index >= 15 is 0 Å². The van der Waals surface area contributed by atoms with Crippen molar-refractivity contribution in [2.75, 3.05) is 13.1 Å². The first-order valence-electron chi connectivity index (χ1n) is 7.32. The molecule has 1 aliphatic rings. The number of carbonyl (C=O) groups is 1. The van der Waals surface area contributed by atoms with E-state index in [4.69, 9.17) is 9.47 Å². The summed E-state index contributed by atoms with van der Waals surface area (Å²) in [5.41, 5.74) is 1.66. The van der Waals surface area contributed by atoms with E-state index in [-0.39, 0.29) is 12.2 Å². The Morgan fingerprint density at radius 1 is 1.38 bits per heavy atom. The van der Waals surface area contributed by atoms with Gasteiger partial charge in [0, 0.05) is 24.7 Å². The van der Waals surface area contributed by atoms with Crippen LogP contribution in [-0.2, 0) is 4.74 Å². The van der Waals surface area contributed by atoms with Crippen molar-refractivity contribution in [1.29, 1.82) is 0 Å². The first-order valence-corrected chi connectivity index (χ1v) is 7.32. The van der Waals surface area contributed by atoms with Gasteiger partial charge in [0.15, 0.2) is 0 Å². The average Bonchev–Trinajstić information content (AvgIpc) is 2.79. The second-order valence-electron chi connectivity index (χ2n) is 6.59. The first-order chi connectivity index (χ1) is 9.74. The van der Waals surface area contributed by atoms with Crippen molar-refractivity contribution >= 4 is 6.09 Å². The van der Waals surface area contributed by atoms with Crippen molar-refractivity contribution in [2.45, 2.75) is 52.7 Å². The number of aryl methyl sites for hydroxylation is 2. The molecule has 0 aromatic carbocycles. The molecule has 1 fully saturated rings. The molecule has 0 radical (unpaired) electrons. The van der Waals surface area contributed by atoms with Gasteiger partial charge in [0.05, 0.1) is 6.54 Å². The molecule has 1 aliphatic heterocycles. The Bertz CT molecular complexity index is 523. The summed E-state index contributed by atoms with van der Waals surface area (Å²) in [5.74, 6) is 0.650. The second-order valence-corrected chi connectivity index (χ2v) is 6.59. The summed E-state index contributed by atoms with van der Waals surface area (Å²) in [6.07, 6.45) is 2.30. The quantitative estimate of drug-likeness (QED) is 0.840. The van der Waals surface area contributed by atoms with Crippen LogP contribution in [0.1, 0.15) is 38.3 Å². The lowest BCUT2D eigenvalue weighted by Crippen LogP contribution is -2.36. The zero-order valence-electron chi connectivity index (χ0n) is 13.5. The number of rotatable bonds is 2. The zero-order valence-corrected chi connectivity index (χ0v) is 13.5. The third-order valence-corrected chi connectivity index (χ3v) is 3.24. The van der Waals surface area contributed by atoms with Gasteiger partial charge in [0.2, 0.25) is 5.88 Å². The fourth-order valence-electron chi connectivity index (χ4n) is 2.30. The standard InChI is InChI=1S/C16H24N2O3/c1-11-8-12(2)14(17-9-11)20-13-6-7-18(10-13)15(19)21-16(3,4)5/h8-9,13H,6-7,10H2,1-5H3/t13-/m0/s1. The summed E-state index contributed by atoms with van der Waals surface area (Å²) in [6, 6.07) is 2.04. The Kier molecular flexibility index (Phi) is 4.40. The van der Waals surface area contributed by atoms with Crippen LogP contribution in [0.3, 0.4) is 0 Å². The van der Waals surface area contributed by atoms with E-state index in [1.54, 1.807) is 11.1 Å². The number of ether oxygens (including phenoxy) is 2. The van der Waals surface area contributed by atoms with Crippen LogP contribution >= 0.6 is 0 Å². The Labute approximate surface area is 126 Å². The number of aromatic nitrogens is 1. The van der Waals surface area contributed by atoms with Crippen molar-refractivity contribution < 1.29 is 14.3 Å². The molecule has 0 aliphatic carbocycles. The molecular weight excluding hydrogens is 268 g/mol. The molecular formula is C16H24N2O3. The molecule has 1 saturated heterocycles. The molecule has 0 bridgehead atoms. The minimum atomic E-state index is -0.467. The molecule has 0 unspecified atom stereocenters. The molecule has 0 N–H and O–H groups in total. The van der Waals surface area contributed by atoms with E-state index in [2.05, 4.69) is 4.98 Å². The number of amides is 1. The van der Waals surface area contributed by atoms with Crippen molar-refractivity contribution in [3.8, 4) is 5.88 Å². The summed E-state index contributed by atoms with van der Waals surface area (Å²) >= 11 is 0. The van der Waals surface area contributed by atoms with Gasteiger partial charge >= 0.3 is 6.09 Å². The van der Waals surface area contributed by atoms with E-state index < -0.39 is 5.60 Å². The molecule has 116 valence electrons. The lowest BCUT2D eigenvalue weighted by molar-refractivity contribution is 0.0275. The van der Waals surface area contributed by atoms with Crippen molar-refractivity contribution in [1.82, 2.24) is 9.88 Å². The van der Waals surface area contributed by atoms with Gasteiger partial charge in [-0.1, -0.05) is 0 Å². The maximum Gasteiger partial charge on any atom is 0.410 e. The van der Waals surface area contributed by atoms with Crippen molar-refractivity contribution in [3.05, 3.63) is 23.4 Å². The van der Waals surface area contributed by atoms with Gasteiger partial charge < -0.3 is 14.4 Å². The van der Waals surface area contributed by atoms with Crippen molar-refractivity contribution in [3.63, 3.8) is 0 Å². The normalized spacial score (nSPS) is 18.7. The zero-order chi connectivity index (χ0) is 15.6. The smallest absolute Gasteiger partial charge is 0.410 e. The Hall–Kier alpha value is -1.78. The summed E-state index contributed by atoms with van der Waals surface area (Å²) in [7, 11) is 0. The van der Waals surface area contributed by atoms with Crippen LogP contribution in [-0.4, -0.2) is 40.8 Å². The molecule has 1 atom stereocenters. The number of likely N-dealkylation sites (tertiary alicyclic amines) is 1. The highest BCUT2D eigenvalue weighted by molar-refractivity contribution is 5.68. The van der Waals surface area contributed by atoms with Gasteiger partial charge in [0.1, 0.15) is 11.7 Å². The fraction of sp³-hybridized carbons (Fsp3) is 0.625. The van der Waals surface area contributed by atoms with Crippen LogP contribution in [0.2, 0.25) is 0 Å². The monoisotopic (exact) mass is 292 g/mol. The summed E-state index contributed by atoms with van der Waals surface area (Å²) in [6.45, 7) is 10.8. The predicted molar refractivity (Wildman–Crippen MR) is 80.6 cm³/mol. The van der Waals surface area contributed by atoms with E-state index in [1.807, 2.05) is 40.7 Å². The lowest BCUT2D eigenvalue weighted by atomic mass is 10.2. The first kappa shape index (κ1) is 15.6. The van der Waals surface area contributed by atoms with Crippen LogP contribution in [0.4, 0.5) is 4.79 Å². The third kappa shape index (κ3) is 4.34. The highest BCUT2D eigenvalue weighted by atomic mass is 16.6. The van der Waals surface area contributed by atoms with E-state index in [0.717, 1.165) is 17.5 Å². The number of carbonyl (C=O) groups excluding carboxylic acids is 1. The predicted octanol–water partition coefficient (Wildman–Crippen LogP) is 3.09. The van der Waals surface area contributed by atoms with Gasteiger partial charge in [-0.25, -0.2) is 9.78 Å². The lowest BCUT2D eigenvalue weighted by Gasteiger charge is -2.24. The fourth-order valence-corrected chi connectivity index (χ4v) is 2.30. The third-order valence-electron chi connectivity index (χ3n) is 3.24. The summed E-state index contributed by atoms with van der Waals surface area (Å²) in [5, 5.41) is 0. The van der Waals surface area contributed by atoms with Crippen LogP contribution in [0, 0.1) is 13.8 Å². The van der Waals surface area contributed by atoms with Crippen molar-refractivity contribution in [2.24, 2.45) is 0 Å². The van der Waals surface area contributed by atoms with Gasteiger partial charge in [-0.15, -0.1) is 0 Å². The van der Waals surface area contributed by atoms with Gasteiger partial charge in [-0.2, -0.15) is 0 Å². The largest absolute Gasteiger partial charge is 0.472 e. The molecule has 1 aromatic heterocycles. The molecule has 1 amide bonds. The van der Waals surface area contributed by atoms with Gasteiger partial charge in [-0.3, -0.25) is 0 Å². The van der Waals surface area contributed by atoms with E-state index in [1.165, 1.54) is 0 Å². The van der Waals surface area contributed by atoms with E-state index in [0.29, 0.717) is 19.0 Å². The number of pyridine rings is 1. The Morgan fingerprint density at radius 2 is 2.10 bits per heavy atom. The highest BCUT2D eigenvalue weighted by Crippen LogP contribution is 2.21. The number of hydrogen-bond acceptors (Lipinski definition) is 4. The van der Waals surface area contributed by atoms with Gasteiger partial charge in [0.25, 0.3) is 0 Å². The summed E-state index contributed by atoms with van der Waals surface area (Å²) in [4.78, 5) is 18.0. The maximum absolute atomic E-state index is 12.0. The highest BCUT2D eigenvalue weighted by Gasteiger charge is 2.31. The topological polar surface area (TPSA) is 51.7 Å².